The summed E-state index contributed by atoms with van der Waals surface area (Å²) in [4.78, 5) is 0. The van der Waals surface area contributed by atoms with Crippen LogP contribution in [0.3, 0.4) is 0 Å². The van der Waals surface area contributed by atoms with Crippen LogP contribution < -0.4 is 5.73 Å². The highest BCUT2D eigenvalue weighted by molar-refractivity contribution is 5.32. The molecule has 5 nitrogen and oxygen atoms in total. The standard InChI is InChI=1S/C9H18N4O/c1-4-8-9(10)11-12-13(8)7(2)5-6-14-3/h7H,4-6,10H2,1-3H3. The van der Waals surface area contributed by atoms with E-state index in [4.69, 9.17) is 10.5 Å². The second-order valence-corrected chi connectivity index (χ2v) is 3.35. The van der Waals surface area contributed by atoms with Crippen molar-refractivity contribution < 1.29 is 4.74 Å². The number of ether oxygens (including phenoxy) is 1. The molecule has 0 saturated carbocycles. The molecule has 1 atom stereocenters. The van der Waals surface area contributed by atoms with E-state index in [1.165, 1.54) is 0 Å². The first-order chi connectivity index (χ1) is 6.70. The minimum atomic E-state index is 0.287. The van der Waals surface area contributed by atoms with E-state index in [2.05, 4.69) is 24.2 Å². The van der Waals surface area contributed by atoms with E-state index in [-0.39, 0.29) is 6.04 Å². The van der Waals surface area contributed by atoms with Crippen LogP contribution in [0, 0.1) is 0 Å². The van der Waals surface area contributed by atoms with Crippen LogP contribution in [0.15, 0.2) is 0 Å². The molecule has 0 bridgehead atoms. The van der Waals surface area contributed by atoms with E-state index in [9.17, 15) is 0 Å². The molecule has 1 unspecified atom stereocenters. The van der Waals surface area contributed by atoms with Crippen LogP contribution in [0.25, 0.3) is 0 Å². The quantitative estimate of drug-likeness (QED) is 0.767. The van der Waals surface area contributed by atoms with Crippen LogP contribution in [0.1, 0.15) is 32.0 Å². The molecule has 0 aromatic carbocycles. The third kappa shape index (κ3) is 2.23. The zero-order valence-electron chi connectivity index (χ0n) is 9.03. The van der Waals surface area contributed by atoms with Crippen molar-refractivity contribution in [3.05, 3.63) is 5.69 Å². The van der Waals surface area contributed by atoms with Gasteiger partial charge in [0, 0.05) is 13.7 Å². The maximum atomic E-state index is 5.69. The molecule has 0 spiro atoms. The van der Waals surface area contributed by atoms with Crippen LogP contribution in [-0.2, 0) is 11.2 Å². The Kier molecular flexibility index (Phi) is 3.88. The summed E-state index contributed by atoms with van der Waals surface area (Å²) in [6.07, 6.45) is 1.78. The predicted molar refractivity (Wildman–Crippen MR) is 55.0 cm³/mol. The second-order valence-electron chi connectivity index (χ2n) is 3.35. The Morgan fingerprint density at radius 3 is 2.86 bits per heavy atom. The van der Waals surface area contributed by atoms with Crippen LogP contribution >= 0.6 is 0 Å². The van der Waals surface area contributed by atoms with E-state index < -0.39 is 0 Å². The first kappa shape index (κ1) is 11.0. The van der Waals surface area contributed by atoms with Crippen LogP contribution in [-0.4, -0.2) is 28.7 Å². The summed E-state index contributed by atoms with van der Waals surface area (Å²) >= 11 is 0. The Balaban J connectivity index is 2.73. The summed E-state index contributed by atoms with van der Waals surface area (Å²) in [6, 6.07) is 0.287. The van der Waals surface area contributed by atoms with Crippen molar-refractivity contribution in [2.24, 2.45) is 0 Å². The first-order valence-corrected chi connectivity index (χ1v) is 4.89. The van der Waals surface area contributed by atoms with Gasteiger partial charge in [0.15, 0.2) is 5.82 Å². The van der Waals surface area contributed by atoms with Gasteiger partial charge in [0.05, 0.1) is 11.7 Å². The maximum absolute atomic E-state index is 5.69. The molecule has 0 amide bonds. The lowest BCUT2D eigenvalue weighted by Gasteiger charge is -2.13. The maximum Gasteiger partial charge on any atom is 0.169 e. The summed E-state index contributed by atoms with van der Waals surface area (Å²) in [5.41, 5.74) is 6.70. The van der Waals surface area contributed by atoms with E-state index in [0.717, 1.165) is 25.1 Å². The Bertz CT molecular complexity index is 284. The predicted octanol–water partition coefficient (Wildman–Crippen LogP) is 1.02. The fourth-order valence-corrected chi connectivity index (χ4v) is 1.43. The Labute approximate surface area is 84.2 Å². The molecule has 80 valence electrons. The largest absolute Gasteiger partial charge is 0.385 e. The fraction of sp³-hybridized carbons (Fsp3) is 0.778. The highest BCUT2D eigenvalue weighted by Gasteiger charge is 2.13. The van der Waals surface area contributed by atoms with E-state index in [0.29, 0.717) is 5.82 Å². The minimum Gasteiger partial charge on any atom is -0.385 e. The van der Waals surface area contributed by atoms with Crippen molar-refractivity contribution in [3.8, 4) is 0 Å². The third-order valence-corrected chi connectivity index (χ3v) is 2.31. The summed E-state index contributed by atoms with van der Waals surface area (Å²) in [6.45, 7) is 4.87. The summed E-state index contributed by atoms with van der Waals surface area (Å²) < 4.78 is 6.90. The van der Waals surface area contributed by atoms with Gasteiger partial charge in [0.25, 0.3) is 0 Å². The normalized spacial score (nSPS) is 13.1. The topological polar surface area (TPSA) is 66.0 Å². The molecular weight excluding hydrogens is 180 g/mol. The zero-order valence-corrected chi connectivity index (χ0v) is 9.03. The zero-order chi connectivity index (χ0) is 10.6. The van der Waals surface area contributed by atoms with Gasteiger partial charge in [-0.1, -0.05) is 12.1 Å². The monoisotopic (exact) mass is 198 g/mol. The van der Waals surface area contributed by atoms with Crippen molar-refractivity contribution in [1.82, 2.24) is 15.0 Å². The first-order valence-electron chi connectivity index (χ1n) is 4.89. The average Bonchev–Trinajstić information content (AvgIpc) is 2.55. The van der Waals surface area contributed by atoms with Gasteiger partial charge in [-0.25, -0.2) is 4.68 Å². The highest BCUT2D eigenvalue weighted by atomic mass is 16.5. The molecule has 1 rings (SSSR count). The van der Waals surface area contributed by atoms with Gasteiger partial charge in [-0.05, 0) is 19.8 Å². The Morgan fingerprint density at radius 2 is 2.29 bits per heavy atom. The molecule has 0 aliphatic heterocycles. The fourth-order valence-electron chi connectivity index (χ4n) is 1.43. The third-order valence-electron chi connectivity index (χ3n) is 2.31. The molecule has 1 aromatic rings. The van der Waals surface area contributed by atoms with Crippen LogP contribution in [0.2, 0.25) is 0 Å². The molecule has 1 heterocycles. The molecule has 14 heavy (non-hydrogen) atoms. The summed E-state index contributed by atoms with van der Waals surface area (Å²) in [5, 5.41) is 7.89. The lowest BCUT2D eigenvalue weighted by atomic mass is 10.2. The number of rotatable bonds is 5. The Hall–Kier alpha value is -1.10. The van der Waals surface area contributed by atoms with Crippen molar-refractivity contribution in [1.29, 1.82) is 0 Å². The number of aromatic nitrogens is 3. The molecule has 1 aromatic heterocycles. The molecule has 0 aliphatic rings. The number of nitrogens with zero attached hydrogens (tertiary/aromatic N) is 3. The molecule has 0 fully saturated rings. The highest BCUT2D eigenvalue weighted by Crippen LogP contribution is 2.16. The number of hydrogen-bond acceptors (Lipinski definition) is 4. The number of nitrogens with two attached hydrogens (primary N) is 1. The van der Waals surface area contributed by atoms with Gasteiger partial charge < -0.3 is 10.5 Å². The Morgan fingerprint density at radius 1 is 1.57 bits per heavy atom. The van der Waals surface area contributed by atoms with Crippen LogP contribution in [0.4, 0.5) is 5.82 Å². The smallest absolute Gasteiger partial charge is 0.169 e. The number of hydrogen-bond donors (Lipinski definition) is 1. The van der Waals surface area contributed by atoms with E-state index >= 15 is 0 Å². The molecule has 0 saturated heterocycles. The summed E-state index contributed by atoms with van der Waals surface area (Å²) in [7, 11) is 1.70. The molecule has 0 aliphatic carbocycles. The van der Waals surface area contributed by atoms with Gasteiger partial charge in [-0.15, -0.1) is 5.10 Å². The van der Waals surface area contributed by atoms with Crippen molar-refractivity contribution in [2.45, 2.75) is 32.7 Å². The van der Waals surface area contributed by atoms with Gasteiger partial charge in [0.1, 0.15) is 0 Å². The van der Waals surface area contributed by atoms with Crippen molar-refractivity contribution >= 4 is 5.82 Å². The van der Waals surface area contributed by atoms with E-state index in [1.807, 2.05) is 4.68 Å². The van der Waals surface area contributed by atoms with Crippen molar-refractivity contribution in [2.75, 3.05) is 19.5 Å². The second kappa shape index (κ2) is 4.95. The number of nitrogen functional groups attached to an aromatic ring is 1. The summed E-state index contributed by atoms with van der Waals surface area (Å²) in [5.74, 6) is 0.539. The van der Waals surface area contributed by atoms with Crippen molar-refractivity contribution in [3.63, 3.8) is 0 Å². The van der Waals surface area contributed by atoms with Gasteiger partial charge in [0.2, 0.25) is 0 Å². The van der Waals surface area contributed by atoms with Gasteiger partial charge in [-0.2, -0.15) is 0 Å². The average molecular weight is 198 g/mol. The molecule has 2 N–H and O–H groups in total. The molecular formula is C9H18N4O. The SMILES string of the molecule is CCc1c(N)nnn1C(C)CCOC. The minimum absolute atomic E-state index is 0.287. The molecule has 0 radical (unpaired) electrons. The van der Waals surface area contributed by atoms with Crippen LogP contribution in [0.5, 0.6) is 0 Å². The lowest BCUT2D eigenvalue weighted by Crippen LogP contribution is -2.12. The van der Waals surface area contributed by atoms with E-state index in [1.54, 1.807) is 7.11 Å². The molecule has 5 heteroatoms. The van der Waals surface area contributed by atoms with Gasteiger partial charge in [-0.3, -0.25) is 0 Å². The number of methoxy groups -OCH3 is 1. The van der Waals surface area contributed by atoms with Gasteiger partial charge >= 0.3 is 0 Å². The number of anilines is 1. The lowest BCUT2D eigenvalue weighted by molar-refractivity contribution is 0.177.